The number of carboxylic acids is 1. The van der Waals surface area contributed by atoms with E-state index >= 15 is 0 Å². The van der Waals surface area contributed by atoms with Gasteiger partial charge in [-0.1, -0.05) is 72.8 Å². The summed E-state index contributed by atoms with van der Waals surface area (Å²) in [4.78, 5) is 11.2. The Morgan fingerprint density at radius 1 is 0.933 bits per heavy atom. The van der Waals surface area contributed by atoms with Gasteiger partial charge in [-0.05, 0) is 47.4 Å². The van der Waals surface area contributed by atoms with Gasteiger partial charge < -0.3 is 14.6 Å². The second-order valence-corrected chi connectivity index (χ2v) is 6.83. The van der Waals surface area contributed by atoms with Gasteiger partial charge in [0.1, 0.15) is 12.4 Å². The number of benzene rings is 3. The molecule has 0 radical (unpaired) electrons. The van der Waals surface area contributed by atoms with Crippen molar-refractivity contribution >= 4 is 12.0 Å². The third kappa shape index (κ3) is 6.33. The zero-order valence-corrected chi connectivity index (χ0v) is 17.0. The molecule has 0 saturated carbocycles. The summed E-state index contributed by atoms with van der Waals surface area (Å²) in [6, 6.07) is 26.1. The molecule has 0 amide bonds. The van der Waals surface area contributed by atoms with Crippen molar-refractivity contribution in [2.45, 2.75) is 19.4 Å². The molecule has 4 nitrogen and oxygen atoms in total. The molecule has 0 heterocycles. The normalized spacial score (nSPS) is 12.0. The van der Waals surface area contributed by atoms with Crippen LogP contribution in [0.25, 0.3) is 17.2 Å². The van der Waals surface area contributed by atoms with E-state index in [9.17, 15) is 9.90 Å². The van der Waals surface area contributed by atoms with Crippen LogP contribution in [0.15, 0.2) is 84.9 Å². The summed E-state index contributed by atoms with van der Waals surface area (Å²) in [6.07, 6.45) is 3.52. The molecular formula is C26H26O4. The van der Waals surface area contributed by atoms with Crippen molar-refractivity contribution in [1.82, 2.24) is 0 Å². The number of rotatable bonds is 10. The Bertz CT molecular complexity index is 945. The van der Waals surface area contributed by atoms with Crippen LogP contribution in [0.3, 0.4) is 0 Å². The quantitative estimate of drug-likeness (QED) is 0.488. The van der Waals surface area contributed by atoms with Crippen LogP contribution < -0.4 is 4.74 Å². The van der Waals surface area contributed by atoms with Crippen LogP contribution in [0.5, 0.6) is 5.75 Å². The molecule has 0 spiro atoms. The van der Waals surface area contributed by atoms with Crippen LogP contribution in [-0.4, -0.2) is 30.4 Å². The first-order valence-electron chi connectivity index (χ1n) is 10.0. The van der Waals surface area contributed by atoms with Crippen LogP contribution in [0.4, 0.5) is 0 Å². The Morgan fingerprint density at radius 3 is 2.23 bits per heavy atom. The Morgan fingerprint density at radius 2 is 1.60 bits per heavy atom. The minimum Gasteiger partial charge on any atom is -0.490 e. The molecule has 1 atom stereocenters. The van der Waals surface area contributed by atoms with Crippen molar-refractivity contribution in [3.05, 3.63) is 96.1 Å². The van der Waals surface area contributed by atoms with Gasteiger partial charge in [0.25, 0.3) is 0 Å². The zero-order chi connectivity index (χ0) is 21.2. The summed E-state index contributed by atoms with van der Waals surface area (Å²) < 4.78 is 11.0. The SMILES string of the molecule is CCO[C@@H](Cc1ccc(OC/C=C/c2ccc(-c3ccccc3)cc2)cc1)C(=O)O. The predicted octanol–water partition coefficient (Wildman–Crippen LogP) is 5.48. The van der Waals surface area contributed by atoms with Gasteiger partial charge in [-0.3, -0.25) is 0 Å². The van der Waals surface area contributed by atoms with Crippen molar-refractivity contribution in [3.8, 4) is 16.9 Å². The molecule has 3 rings (SSSR count). The lowest BCUT2D eigenvalue weighted by atomic mass is 10.0. The van der Waals surface area contributed by atoms with Crippen LogP contribution in [-0.2, 0) is 16.0 Å². The van der Waals surface area contributed by atoms with Gasteiger partial charge in [-0.15, -0.1) is 0 Å². The van der Waals surface area contributed by atoms with E-state index in [1.807, 2.05) is 54.6 Å². The number of carbonyl (C=O) groups is 1. The molecular weight excluding hydrogens is 376 g/mol. The molecule has 4 heteroatoms. The Labute approximate surface area is 177 Å². The number of hydrogen-bond donors (Lipinski definition) is 1. The van der Waals surface area contributed by atoms with Crippen molar-refractivity contribution in [2.24, 2.45) is 0 Å². The molecule has 0 bridgehead atoms. The monoisotopic (exact) mass is 402 g/mol. The molecule has 0 saturated heterocycles. The summed E-state index contributed by atoms with van der Waals surface area (Å²) in [6.45, 7) is 2.62. The first kappa shape index (κ1) is 21.3. The van der Waals surface area contributed by atoms with Crippen molar-refractivity contribution in [1.29, 1.82) is 0 Å². The maximum Gasteiger partial charge on any atom is 0.333 e. The van der Waals surface area contributed by atoms with E-state index in [1.165, 1.54) is 11.1 Å². The van der Waals surface area contributed by atoms with Gasteiger partial charge in [0, 0.05) is 13.0 Å². The summed E-state index contributed by atoms with van der Waals surface area (Å²) >= 11 is 0. The molecule has 0 fully saturated rings. The third-order valence-corrected chi connectivity index (χ3v) is 4.66. The molecule has 30 heavy (non-hydrogen) atoms. The fraction of sp³-hybridized carbons (Fsp3) is 0.192. The van der Waals surface area contributed by atoms with E-state index in [1.54, 1.807) is 6.92 Å². The van der Waals surface area contributed by atoms with Crippen molar-refractivity contribution in [2.75, 3.05) is 13.2 Å². The number of hydrogen-bond acceptors (Lipinski definition) is 3. The highest BCUT2D eigenvalue weighted by Gasteiger charge is 2.17. The molecule has 3 aromatic carbocycles. The van der Waals surface area contributed by atoms with Gasteiger partial charge >= 0.3 is 5.97 Å². The molecule has 0 aliphatic rings. The number of aliphatic carboxylic acids is 1. The van der Waals surface area contributed by atoms with Crippen molar-refractivity contribution < 1.29 is 19.4 Å². The maximum absolute atomic E-state index is 11.2. The van der Waals surface area contributed by atoms with Crippen LogP contribution in [0.2, 0.25) is 0 Å². The Balaban J connectivity index is 1.49. The molecule has 0 aliphatic heterocycles. The minimum absolute atomic E-state index is 0.336. The molecule has 1 N–H and O–H groups in total. The lowest BCUT2D eigenvalue weighted by Crippen LogP contribution is -2.26. The van der Waals surface area contributed by atoms with Gasteiger partial charge in [-0.2, -0.15) is 0 Å². The van der Waals surface area contributed by atoms with Gasteiger partial charge in [0.05, 0.1) is 0 Å². The van der Waals surface area contributed by atoms with Crippen LogP contribution in [0.1, 0.15) is 18.1 Å². The van der Waals surface area contributed by atoms with E-state index in [0.29, 0.717) is 19.6 Å². The number of ether oxygens (including phenoxy) is 2. The van der Waals surface area contributed by atoms with Crippen molar-refractivity contribution in [3.63, 3.8) is 0 Å². The average Bonchev–Trinajstić information content (AvgIpc) is 2.78. The molecule has 0 aliphatic carbocycles. The summed E-state index contributed by atoms with van der Waals surface area (Å²) in [5, 5.41) is 9.17. The molecule has 154 valence electrons. The van der Waals surface area contributed by atoms with E-state index in [0.717, 1.165) is 16.9 Å². The lowest BCUT2D eigenvalue weighted by Gasteiger charge is -2.12. The summed E-state index contributed by atoms with van der Waals surface area (Å²) in [5.74, 6) is -0.203. The highest BCUT2D eigenvalue weighted by atomic mass is 16.5. The average molecular weight is 402 g/mol. The summed E-state index contributed by atoms with van der Waals surface area (Å²) in [5.41, 5.74) is 4.41. The van der Waals surface area contributed by atoms with Gasteiger partial charge in [0.2, 0.25) is 0 Å². The highest BCUT2D eigenvalue weighted by Crippen LogP contribution is 2.20. The standard InChI is InChI=1S/C26H26O4/c1-2-29-25(26(27)28)19-21-12-16-24(17-13-21)30-18-6-7-20-10-14-23(15-11-20)22-8-4-3-5-9-22/h3-17,25H,2,18-19H2,1H3,(H,27,28)/b7-6+/t25-/m0/s1. The minimum atomic E-state index is -0.945. The first-order valence-corrected chi connectivity index (χ1v) is 10.0. The second kappa shape index (κ2) is 11.0. The molecule has 0 aromatic heterocycles. The second-order valence-electron chi connectivity index (χ2n) is 6.83. The topological polar surface area (TPSA) is 55.8 Å². The highest BCUT2D eigenvalue weighted by molar-refractivity contribution is 5.72. The van der Waals surface area contributed by atoms with E-state index in [4.69, 9.17) is 9.47 Å². The lowest BCUT2D eigenvalue weighted by molar-refractivity contribution is -0.149. The predicted molar refractivity (Wildman–Crippen MR) is 120 cm³/mol. The van der Waals surface area contributed by atoms with E-state index in [-0.39, 0.29) is 0 Å². The maximum atomic E-state index is 11.2. The van der Waals surface area contributed by atoms with Gasteiger partial charge in [0.15, 0.2) is 6.10 Å². The largest absolute Gasteiger partial charge is 0.490 e. The number of carboxylic acid groups (broad SMARTS) is 1. The van der Waals surface area contributed by atoms with E-state index < -0.39 is 12.1 Å². The Kier molecular flexibility index (Phi) is 7.81. The van der Waals surface area contributed by atoms with Crippen LogP contribution in [0, 0.1) is 0 Å². The molecule has 3 aromatic rings. The smallest absolute Gasteiger partial charge is 0.333 e. The van der Waals surface area contributed by atoms with Gasteiger partial charge in [-0.25, -0.2) is 4.79 Å². The third-order valence-electron chi connectivity index (χ3n) is 4.66. The first-order chi connectivity index (χ1) is 14.7. The fourth-order valence-electron chi connectivity index (χ4n) is 3.10. The molecule has 0 unspecified atom stereocenters. The Hall–Kier alpha value is -3.37. The zero-order valence-electron chi connectivity index (χ0n) is 17.0. The fourth-order valence-corrected chi connectivity index (χ4v) is 3.10. The summed E-state index contributed by atoms with van der Waals surface area (Å²) in [7, 11) is 0. The van der Waals surface area contributed by atoms with E-state index in [2.05, 4.69) is 36.4 Å². The van der Waals surface area contributed by atoms with Crippen LogP contribution >= 0.6 is 0 Å².